The van der Waals surface area contributed by atoms with Crippen molar-refractivity contribution in [2.45, 2.75) is 399 Å². The molecule has 92 heavy (non-hydrogen) atoms. The molecule has 19 atom stereocenters. The SMILES string of the molecule is CC1CCCC(C)CCCC(C)CCC(C)C2CCC(C)CCCC(C)CCCC(C)CCO[C@H](CO)COCCC(C)CCCC(C)CCCC(C)CCCC(CCC(C)CCCC(C)CCCC(C)CCCC(C)CCO[C@H](CO)COCCC(C)CCC1)C2. The van der Waals surface area contributed by atoms with Crippen LogP contribution in [0.1, 0.15) is 386 Å². The molecule has 0 aliphatic carbocycles. The second kappa shape index (κ2) is 57.5. The second-order valence-corrected chi connectivity index (χ2v) is 34.9. The van der Waals surface area contributed by atoms with Gasteiger partial charge in [-0.3, -0.25) is 0 Å². The van der Waals surface area contributed by atoms with Gasteiger partial charge in [-0.2, -0.15) is 0 Å². The Morgan fingerprint density at radius 2 is 0.446 bits per heavy atom. The number of fused-ring (bicyclic) bond motifs is 2. The highest BCUT2D eigenvalue weighted by Crippen LogP contribution is 2.38. The predicted molar refractivity (Wildman–Crippen MR) is 403 cm³/mol. The third kappa shape index (κ3) is 50.1. The van der Waals surface area contributed by atoms with Crippen molar-refractivity contribution in [3.63, 3.8) is 0 Å². The molecule has 2 N–H and O–H groups in total. The lowest BCUT2D eigenvalue weighted by Gasteiger charge is -2.31. The molecule has 2 fully saturated rings. The third-order valence-corrected chi connectivity index (χ3v) is 24.4. The van der Waals surface area contributed by atoms with Crippen LogP contribution in [0.2, 0.25) is 0 Å². The van der Waals surface area contributed by atoms with Crippen molar-refractivity contribution in [3.05, 3.63) is 0 Å². The second-order valence-electron chi connectivity index (χ2n) is 34.9. The molecule has 0 radical (unpaired) electrons. The number of aliphatic hydroxyl groups is 2. The highest BCUT2D eigenvalue weighted by molar-refractivity contribution is 4.77. The molecular weight excluding hydrogens is 1130 g/mol. The van der Waals surface area contributed by atoms with Crippen molar-refractivity contribution < 1.29 is 29.2 Å². The maximum Gasteiger partial charge on any atom is 0.104 e. The van der Waals surface area contributed by atoms with Gasteiger partial charge in [0.05, 0.1) is 26.4 Å². The fraction of sp³-hybridized carbons (Fsp3) is 1.00. The molecule has 0 aromatic rings. The van der Waals surface area contributed by atoms with Crippen LogP contribution in [0.25, 0.3) is 0 Å². The topological polar surface area (TPSA) is 77.4 Å². The summed E-state index contributed by atoms with van der Waals surface area (Å²) in [6.07, 6.45) is 59.4. The van der Waals surface area contributed by atoms with Crippen LogP contribution in [0.4, 0.5) is 0 Å². The highest BCUT2D eigenvalue weighted by Gasteiger charge is 2.25. The summed E-state index contributed by atoms with van der Waals surface area (Å²) in [6.45, 7) is 42.0. The molecular formula is C86H170O6. The first kappa shape index (κ1) is 87.8. The van der Waals surface area contributed by atoms with Gasteiger partial charge in [0.15, 0.2) is 0 Å². The van der Waals surface area contributed by atoms with E-state index in [0.29, 0.717) is 36.9 Å². The molecule has 550 valence electrons. The van der Waals surface area contributed by atoms with E-state index in [4.69, 9.17) is 18.9 Å². The quantitative estimate of drug-likeness (QED) is 0.287. The summed E-state index contributed by atoms with van der Waals surface area (Å²) in [5.74, 6) is 13.5. The lowest BCUT2D eigenvalue weighted by Crippen LogP contribution is -2.25. The van der Waals surface area contributed by atoms with E-state index in [1.807, 2.05) is 0 Å². The smallest absolute Gasteiger partial charge is 0.104 e. The molecule has 2 rings (SSSR count). The third-order valence-electron chi connectivity index (χ3n) is 24.4. The Hall–Kier alpha value is -0.240. The van der Waals surface area contributed by atoms with E-state index in [0.717, 1.165) is 129 Å². The van der Waals surface area contributed by atoms with Gasteiger partial charge < -0.3 is 29.2 Å². The molecule has 6 heteroatoms. The fourth-order valence-electron chi connectivity index (χ4n) is 16.3. The molecule has 2 aliphatic rings. The Bertz CT molecular complexity index is 1570. The van der Waals surface area contributed by atoms with Crippen molar-refractivity contribution >= 4 is 0 Å². The Morgan fingerprint density at radius 3 is 0.717 bits per heavy atom. The minimum Gasteiger partial charge on any atom is -0.394 e. The fourth-order valence-corrected chi connectivity index (χ4v) is 16.3. The Morgan fingerprint density at radius 1 is 0.228 bits per heavy atom. The van der Waals surface area contributed by atoms with Crippen LogP contribution >= 0.6 is 0 Å². The zero-order valence-corrected chi connectivity index (χ0v) is 65.3. The minimum atomic E-state index is -0.202. The first-order valence-electron chi connectivity index (χ1n) is 41.8. The summed E-state index contributed by atoms with van der Waals surface area (Å²) >= 11 is 0. The van der Waals surface area contributed by atoms with Crippen LogP contribution < -0.4 is 0 Å². The molecule has 2 bridgehead atoms. The van der Waals surface area contributed by atoms with Crippen LogP contribution in [0, 0.1) is 101 Å². The molecule has 0 aromatic heterocycles. The van der Waals surface area contributed by atoms with Gasteiger partial charge >= 0.3 is 0 Å². The number of ether oxygens (including phenoxy) is 4. The highest BCUT2D eigenvalue weighted by atomic mass is 16.5. The van der Waals surface area contributed by atoms with Crippen LogP contribution in [-0.4, -0.2) is 75.3 Å². The molecule has 2 aliphatic heterocycles. The van der Waals surface area contributed by atoms with Crippen molar-refractivity contribution in [2.75, 3.05) is 52.9 Å². The van der Waals surface area contributed by atoms with Crippen molar-refractivity contribution in [2.24, 2.45) is 101 Å². The maximum absolute atomic E-state index is 10.0. The van der Waals surface area contributed by atoms with Crippen molar-refractivity contribution in [1.82, 2.24) is 0 Å². The average Bonchev–Trinajstić information content (AvgIpc) is 3.69. The number of rotatable bonds is 2. The van der Waals surface area contributed by atoms with Gasteiger partial charge in [-0.05, 0) is 139 Å². The lowest BCUT2D eigenvalue weighted by molar-refractivity contribution is -0.0471. The zero-order chi connectivity index (χ0) is 67.6. The first-order valence-corrected chi connectivity index (χ1v) is 41.8. The molecule has 0 spiro atoms. The van der Waals surface area contributed by atoms with Gasteiger partial charge in [0.2, 0.25) is 0 Å². The van der Waals surface area contributed by atoms with Gasteiger partial charge in [-0.1, -0.05) is 348 Å². The van der Waals surface area contributed by atoms with Crippen molar-refractivity contribution in [3.8, 4) is 0 Å². The van der Waals surface area contributed by atoms with Gasteiger partial charge in [0, 0.05) is 26.4 Å². The van der Waals surface area contributed by atoms with Crippen LogP contribution in [0.3, 0.4) is 0 Å². The summed E-state index contributed by atoms with van der Waals surface area (Å²) in [5.41, 5.74) is 0. The zero-order valence-electron chi connectivity index (χ0n) is 65.3. The van der Waals surface area contributed by atoms with E-state index in [2.05, 4.69) is 104 Å². The van der Waals surface area contributed by atoms with E-state index in [9.17, 15) is 10.2 Å². The van der Waals surface area contributed by atoms with Crippen LogP contribution in [0.15, 0.2) is 0 Å². The first-order chi connectivity index (χ1) is 44.2. The monoisotopic (exact) mass is 1300 g/mol. The standard InChI is InChI=1S/C86H170O6/c1-68-27-16-29-70(3)36-22-43-78(11)55-59-89-66-85(64-87)91-61-57-80(13)45-24-38-72(5)30-17-28-69(2)34-20-41-76(9)50-53-83-48-26-47-74(7)32-18-31-71(4)37-23-44-79(12)56-60-90-67-86(65-88)92-62-58-81(14)46-25-39-73(6)35-21-42-77(10)51-54-84(63-83)82(15)52-49-75(8)40-19-33-68/h68-88H,16-67H2,1-15H3/t68?,69?,70?,71?,72?,73?,74?,75?,76?,77?,78?,79?,80?,81?,82?,83?,84?,85-,86-/m1/s1. The summed E-state index contributed by atoms with van der Waals surface area (Å²) < 4.78 is 24.4. The summed E-state index contributed by atoms with van der Waals surface area (Å²) in [4.78, 5) is 0. The van der Waals surface area contributed by atoms with E-state index < -0.39 is 0 Å². The van der Waals surface area contributed by atoms with Gasteiger partial charge in [-0.15, -0.1) is 0 Å². The minimum absolute atomic E-state index is 0.0429. The van der Waals surface area contributed by atoms with E-state index in [1.165, 1.54) is 257 Å². The normalized spacial score (nSPS) is 37.2. The molecule has 0 saturated carbocycles. The summed E-state index contributed by atoms with van der Waals surface area (Å²) in [6, 6.07) is 0. The number of hydrogen-bond acceptors (Lipinski definition) is 6. The van der Waals surface area contributed by atoms with Gasteiger partial charge in [-0.25, -0.2) is 0 Å². The maximum atomic E-state index is 10.0. The molecule has 2 saturated heterocycles. The largest absolute Gasteiger partial charge is 0.394 e. The molecule has 0 amide bonds. The number of hydrogen-bond donors (Lipinski definition) is 2. The van der Waals surface area contributed by atoms with Gasteiger partial charge in [0.25, 0.3) is 0 Å². The Labute approximate surface area is 578 Å². The predicted octanol–water partition coefficient (Wildman–Crippen LogP) is 25.7. The lowest BCUT2D eigenvalue weighted by atomic mass is 9.75. The van der Waals surface area contributed by atoms with E-state index >= 15 is 0 Å². The Kier molecular flexibility index (Phi) is 54.9. The van der Waals surface area contributed by atoms with Crippen LogP contribution in [-0.2, 0) is 18.9 Å². The molecule has 2 heterocycles. The number of aliphatic hydroxyl groups excluding tert-OH is 2. The Balaban J connectivity index is 2.21. The van der Waals surface area contributed by atoms with E-state index in [1.54, 1.807) is 0 Å². The molecule has 17 unspecified atom stereocenters. The molecule has 0 aromatic carbocycles. The van der Waals surface area contributed by atoms with Gasteiger partial charge in [0.1, 0.15) is 12.2 Å². The molecule has 6 nitrogen and oxygen atoms in total. The van der Waals surface area contributed by atoms with E-state index in [-0.39, 0.29) is 25.4 Å². The summed E-state index contributed by atoms with van der Waals surface area (Å²) in [5, 5.41) is 20.1. The van der Waals surface area contributed by atoms with Crippen molar-refractivity contribution in [1.29, 1.82) is 0 Å². The summed E-state index contributed by atoms with van der Waals surface area (Å²) in [7, 11) is 0. The van der Waals surface area contributed by atoms with Crippen LogP contribution in [0.5, 0.6) is 0 Å². The average molecular weight is 1300 g/mol.